The van der Waals surface area contributed by atoms with Gasteiger partial charge in [0.1, 0.15) is 0 Å². The van der Waals surface area contributed by atoms with E-state index in [1.165, 1.54) is 0 Å². The zero-order chi connectivity index (χ0) is 14.1. The number of rotatable bonds is 5. The standard InChI is InChI=1S/C14H15N3O3/c18-12(19)7-11(8-5-6-8)15-14(20)13-9-3-1-2-4-10(9)16-17-13/h1-4,8,11H,5-7H2,(H,15,20)(H,16,17)(H,18,19). The number of hydrogen-bond acceptors (Lipinski definition) is 3. The molecule has 1 amide bonds. The predicted octanol–water partition coefficient (Wildman–Crippen LogP) is 1.55. The van der Waals surface area contributed by atoms with Crippen molar-refractivity contribution in [3.63, 3.8) is 0 Å². The second-order valence-electron chi connectivity index (χ2n) is 5.13. The summed E-state index contributed by atoms with van der Waals surface area (Å²) in [5.74, 6) is -0.935. The molecule has 104 valence electrons. The van der Waals surface area contributed by atoms with Gasteiger partial charge < -0.3 is 10.4 Å². The van der Waals surface area contributed by atoms with E-state index in [1.807, 2.05) is 24.3 Å². The molecule has 1 heterocycles. The van der Waals surface area contributed by atoms with Crippen LogP contribution in [0.2, 0.25) is 0 Å². The number of carbonyl (C=O) groups excluding carboxylic acids is 1. The van der Waals surface area contributed by atoms with Crippen LogP contribution in [0.1, 0.15) is 29.8 Å². The minimum absolute atomic E-state index is 0.0429. The molecular formula is C14H15N3O3. The number of carboxylic acids is 1. The van der Waals surface area contributed by atoms with Gasteiger partial charge in [-0.2, -0.15) is 5.10 Å². The van der Waals surface area contributed by atoms with Crippen molar-refractivity contribution in [1.29, 1.82) is 0 Å². The number of carboxylic acid groups (broad SMARTS) is 1. The highest BCUT2D eigenvalue weighted by Gasteiger charge is 2.34. The highest BCUT2D eigenvalue weighted by atomic mass is 16.4. The number of aliphatic carboxylic acids is 1. The zero-order valence-electron chi connectivity index (χ0n) is 10.8. The largest absolute Gasteiger partial charge is 0.481 e. The highest BCUT2D eigenvalue weighted by molar-refractivity contribution is 6.04. The third-order valence-electron chi connectivity index (χ3n) is 3.59. The van der Waals surface area contributed by atoms with E-state index in [4.69, 9.17) is 5.11 Å². The average Bonchev–Trinajstić information content (AvgIpc) is 3.16. The second-order valence-corrected chi connectivity index (χ2v) is 5.13. The van der Waals surface area contributed by atoms with Gasteiger partial charge in [0.15, 0.2) is 5.69 Å². The molecule has 2 aromatic rings. The predicted molar refractivity (Wildman–Crippen MR) is 72.3 cm³/mol. The van der Waals surface area contributed by atoms with E-state index < -0.39 is 5.97 Å². The van der Waals surface area contributed by atoms with Crippen molar-refractivity contribution in [3.8, 4) is 0 Å². The van der Waals surface area contributed by atoms with Crippen LogP contribution in [0.4, 0.5) is 0 Å². The van der Waals surface area contributed by atoms with Crippen molar-refractivity contribution < 1.29 is 14.7 Å². The lowest BCUT2D eigenvalue weighted by Gasteiger charge is -2.15. The number of H-pyrrole nitrogens is 1. The van der Waals surface area contributed by atoms with Crippen LogP contribution in [0.3, 0.4) is 0 Å². The minimum Gasteiger partial charge on any atom is -0.481 e. The van der Waals surface area contributed by atoms with Crippen molar-refractivity contribution >= 4 is 22.8 Å². The Labute approximate surface area is 115 Å². The SMILES string of the molecule is O=C(O)CC(NC(=O)c1n[nH]c2ccccc12)C1CC1. The van der Waals surface area contributed by atoms with Gasteiger partial charge in [0.2, 0.25) is 0 Å². The van der Waals surface area contributed by atoms with Crippen molar-refractivity contribution in [2.24, 2.45) is 5.92 Å². The molecule has 0 spiro atoms. The Balaban J connectivity index is 1.79. The molecule has 6 nitrogen and oxygen atoms in total. The first kappa shape index (κ1) is 12.7. The molecule has 0 bridgehead atoms. The Morgan fingerprint density at radius 1 is 1.40 bits per heavy atom. The van der Waals surface area contributed by atoms with Crippen LogP contribution >= 0.6 is 0 Å². The third-order valence-corrected chi connectivity index (χ3v) is 3.59. The fourth-order valence-electron chi connectivity index (χ4n) is 2.40. The number of nitrogens with zero attached hydrogens (tertiary/aromatic N) is 1. The fraction of sp³-hybridized carbons (Fsp3) is 0.357. The quantitative estimate of drug-likeness (QED) is 0.770. The van der Waals surface area contributed by atoms with Gasteiger partial charge in [0.25, 0.3) is 5.91 Å². The van der Waals surface area contributed by atoms with E-state index in [0.29, 0.717) is 5.69 Å². The average molecular weight is 273 g/mol. The molecule has 3 rings (SSSR count). The highest BCUT2D eigenvalue weighted by Crippen LogP contribution is 2.34. The molecule has 1 fully saturated rings. The molecule has 6 heteroatoms. The molecule has 1 aliphatic rings. The van der Waals surface area contributed by atoms with Gasteiger partial charge in [-0.1, -0.05) is 18.2 Å². The number of nitrogens with one attached hydrogen (secondary N) is 2. The molecule has 0 aliphatic heterocycles. The molecule has 20 heavy (non-hydrogen) atoms. The lowest BCUT2D eigenvalue weighted by molar-refractivity contribution is -0.137. The van der Waals surface area contributed by atoms with Gasteiger partial charge in [0, 0.05) is 11.4 Å². The first-order chi connectivity index (χ1) is 9.65. The maximum atomic E-state index is 12.3. The number of amides is 1. The summed E-state index contributed by atoms with van der Waals surface area (Å²) in [4.78, 5) is 23.1. The molecule has 1 unspecified atom stereocenters. The number of hydrogen-bond donors (Lipinski definition) is 3. The Morgan fingerprint density at radius 2 is 2.15 bits per heavy atom. The maximum absolute atomic E-state index is 12.3. The van der Waals surface area contributed by atoms with E-state index in [1.54, 1.807) is 0 Å². The topological polar surface area (TPSA) is 95.1 Å². The van der Waals surface area contributed by atoms with Crippen molar-refractivity contribution in [1.82, 2.24) is 15.5 Å². The van der Waals surface area contributed by atoms with Crippen LogP contribution in [0, 0.1) is 5.92 Å². The maximum Gasteiger partial charge on any atom is 0.305 e. The van der Waals surface area contributed by atoms with E-state index in [0.717, 1.165) is 23.7 Å². The fourth-order valence-corrected chi connectivity index (χ4v) is 2.40. The number of aromatic amines is 1. The summed E-state index contributed by atoms with van der Waals surface area (Å²) in [7, 11) is 0. The van der Waals surface area contributed by atoms with Gasteiger partial charge in [-0.05, 0) is 24.8 Å². The van der Waals surface area contributed by atoms with Crippen molar-refractivity contribution in [3.05, 3.63) is 30.0 Å². The van der Waals surface area contributed by atoms with Crippen molar-refractivity contribution in [2.75, 3.05) is 0 Å². The number of carbonyl (C=O) groups is 2. The first-order valence-corrected chi connectivity index (χ1v) is 6.61. The minimum atomic E-state index is -0.894. The molecule has 3 N–H and O–H groups in total. The monoisotopic (exact) mass is 273 g/mol. The summed E-state index contributed by atoms with van der Waals surface area (Å²) < 4.78 is 0. The van der Waals surface area contributed by atoms with Gasteiger partial charge in [0.05, 0.1) is 11.9 Å². The summed E-state index contributed by atoms with van der Waals surface area (Å²) in [6.45, 7) is 0. The molecule has 0 radical (unpaired) electrons. The molecule has 1 saturated carbocycles. The molecule has 0 saturated heterocycles. The van der Waals surface area contributed by atoms with E-state index in [-0.39, 0.29) is 24.3 Å². The number of para-hydroxylation sites is 1. The Bertz CT molecular complexity index is 660. The van der Waals surface area contributed by atoms with Crippen LogP contribution in [0.5, 0.6) is 0 Å². The second kappa shape index (κ2) is 4.96. The lowest BCUT2D eigenvalue weighted by Crippen LogP contribution is -2.38. The van der Waals surface area contributed by atoms with Crippen LogP contribution < -0.4 is 5.32 Å². The molecular weight excluding hydrogens is 258 g/mol. The Kier molecular flexibility index (Phi) is 3.14. The van der Waals surface area contributed by atoms with E-state index >= 15 is 0 Å². The number of benzene rings is 1. The molecule has 1 aromatic heterocycles. The third kappa shape index (κ3) is 2.49. The number of aromatic nitrogens is 2. The molecule has 1 aromatic carbocycles. The smallest absolute Gasteiger partial charge is 0.305 e. The first-order valence-electron chi connectivity index (χ1n) is 6.61. The van der Waals surface area contributed by atoms with Crippen LogP contribution in [-0.4, -0.2) is 33.2 Å². The normalized spacial score (nSPS) is 16.0. The van der Waals surface area contributed by atoms with Crippen molar-refractivity contribution in [2.45, 2.75) is 25.3 Å². The van der Waals surface area contributed by atoms with Crippen LogP contribution in [0.25, 0.3) is 10.9 Å². The summed E-state index contributed by atoms with van der Waals surface area (Å²) in [5, 5.41) is 19.3. The summed E-state index contributed by atoms with van der Waals surface area (Å²) in [6, 6.07) is 7.05. The van der Waals surface area contributed by atoms with Gasteiger partial charge in [-0.3, -0.25) is 14.7 Å². The molecule has 1 aliphatic carbocycles. The lowest BCUT2D eigenvalue weighted by atomic mass is 10.1. The zero-order valence-corrected chi connectivity index (χ0v) is 10.8. The van der Waals surface area contributed by atoms with Gasteiger partial charge in [-0.25, -0.2) is 0 Å². The Hall–Kier alpha value is -2.37. The summed E-state index contributed by atoms with van der Waals surface area (Å²) in [5.41, 5.74) is 1.11. The molecule has 1 atom stereocenters. The van der Waals surface area contributed by atoms with Crippen LogP contribution in [0.15, 0.2) is 24.3 Å². The summed E-state index contributed by atoms with van der Waals surface area (Å²) in [6.07, 6.45) is 1.90. The van der Waals surface area contributed by atoms with Crippen LogP contribution in [-0.2, 0) is 4.79 Å². The Morgan fingerprint density at radius 3 is 2.85 bits per heavy atom. The van der Waals surface area contributed by atoms with E-state index in [2.05, 4.69) is 15.5 Å². The number of fused-ring (bicyclic) bond motifs is 1. The van der Waals surface area contributed by atoms with Gasteiger partial charge in [-0.15, -0.1) is 0 Å². The summed E-state index contributed by atoms with van der Waals surface area (Å²) >= 11 is 0. The van der Waals surface area contributed by atoms with Gasteiger partial charge >= 0.3 is 5.97 Å². The van der Waals surface area contributed by atoms with E-state index in [9.17, 15) is 9.59 Å².